The smallest absolute Gasteiger partial charge is 0.337 e. The van der Waals surface area contributed by atoms with E-state index >= 15 is 0 Å². The van der Waals surface area contributed by atoms with E-state index in [9.17, 15) is 4.79 Å². The number of aryl methyl sites for hydroxylation is 1. The number of hydrogen-bond acceptors (Lipinski definition) is 4. The van der Waals surface area contributed by atoms with E-state index in [0.29, 0.717) is 5.56 Å². The molecule has 0 saturated carbocycles. The standard InChI is InChI=1S/C25H28N4O2S/c1-15(2)28-23(22(27-25(28)32)21-8-6-7-13-26-21)20-14-16(3)29(17(20)4)19-11-9-18(10-12-19)24(30)31-5/h6-15,22-23H,1-5H3,(H,27,32)/t22-,23-/m1/s1. The summed E-state index contributed by atoms with van der Waals surface area (Å²) >= 11 is 5.73. The van der Waals surface area contributed by atoms with E-state index in [0.717, 1.165) is 27.9 Å². The number of carbonyl (C=O) groups is 1. The van der Waals surface area contributed by atoms with E-state index in [-0.39, 0.29) is 24.1 Å². The van der Waals surface area contributed by atoms with Crippen LogP contribution in [-0.2, 0) is 4.74 Å². The first kappa shape index (κ1) is 22.0. The van der Waals surface area contributed by atoms with Crippen LogP contribution >= 0.6 is 12.2 Å². The highest BCUT2D eigenvalue weighted by molar-refractivity contribution is 7.80. The van der Waals surface area contributed by atoms with Gasteiger partial charge in [0.25, 0.3) is 0 Å². The highest BCUT2D eigenvalue weighted by atomic mass is 32.1. The topological polar surface area (TPSA) is 59.4 Å². The Balaban J connectivity index is 1.79. The second-order valence-electron chi connectivity index (χ2n) is 8.33. The van der Waals surface area contributed by atoms with Crippen molar-refractivity contribution < 1.29 is 9.53 Å². The number of nitrogens with one attached hydrogen (secondary N) is 1. The molecule has 2 aromatic heterocycles. The molecule has 166 valence electrons. The predicted molar refractivity (Wildman–Crippen MR) is 129 cm³/mol. The zero-order valence-corrected chi connectivity index (χ0v) is 19.8. The lowest BCUT2D eigenvalue weighted by molar-refractivity contribution is 0.0600. The van der Waals surface area contributed by atoms with E-state index in [2.05, 4.69) is 53.5 Å². The summed E-state index contributed by atoms with van der Waals surface area (Å²) in [5.41, 5.74) is 5.95. The average molecular weight is 449 g/mol. The summed E-state index contributed by atoms with van der Waals surface area (Å²) < 4.78 is 7.04. The first-order chi connectivity index (χ1) is 15.3. The molecule has 1 aliphatic heterocycles. The van der Waals surface area contributed by atoms with Gasteiger partial charge >= 0.3 is 5.97 Å². The summed E-state index contributed by atoms with van der Waals surface area (Å²) in [5, 5.41) is 4.25. The van der Waals surface area contributed by atoms with E-state index < -0.39 is 0 Å². The molecule has 1 aliphatic rings. The van der Waals surface area contributed by atoms with Crippen LogP contribution in [-0.4, -0.2) is 38.7 Å². The molecule has 1 fully saturated rings. The first-order valence-electron chi connectivity index (χ1n) is 10.7. The van der Waals surface area contributed by atoms with Crippen molar-refractivity contribution in [1.82, 2.24) is 19.8 Å². The van der Waals surface area contributed by atoms with Crippen molar-refractivity contribution in [3.05, 3.63) is 82.9 Å². The van der Waals surface area contributed by atoms with Gasteiger partial charge in [-0.2, -0.15) is 0 Å². The number of hydrogen-bond donors (Lipinski definition) is 1. The fraction of sp³-hybridized carbons (Fsp3) is 0.320. The van der Waals surface area contributed by atoms with E-state index in [1.165, 1.54) is 12.7 Å². The maximum Gasteiger partial charge on any atom is 0.337 e. The molecule has 32 heavy (non-hydrogen) atoms. The molecule has 0 spiro atoms. The minimum atomic E-state index is -0.338. The lowest BCUT2D eigenvalue weighted by Crippen LogP contribution is -2.35. The van der Waals surface area contributed by atoms with Crippen LogP contribution in [0, 0.1) is 13.8 Å². The number of thiocarbonyl (C=S) groups is 1. The Morgan fingerprint density at radius 3 is 2.47 bits per heavy atom. The van der Waals surface area contributed by atoms with Crippen molar-refractivity contribution in [3.63, 3.8) is 0 Å². The molecule has 0 amide bonds. The normalized spacial score (nSPS) is 18.2. The maximum absolute atomic E-state index is 11.8. The number of benzene rings is 1. The molecular weight excluding hydrogens is 420 g/mol. The van der Waals surface area contributed by atoms with E-state index in [4.69, 9.17) is 17.0 Å². The number of ether oxygens (including phenoxy) is 1. The summed E-state index contributed by atoms with van der Waals surface area (Å²) in [6, 6.07) is 15.9. The van der Waals surface area contributed by atoms with Gasteiger partial charge in [0.2, 0.25) is 0 Å². The fourth-order valence-corrected chi connectivity index (χ4v) is 5.05. The molecule has 4 rings (SSSR count). The maximum atomic E-state index is 11.8. The Morgan fingerprint density at radius 2 is 1.88 bits per heavy atom. The lowest BCUT2D eigenvalue weighted by Gasteiger charge is -2.31. The SMILES string of the molecule is COC(=O)c1ccc(-n2c(C)cc([C@@H]3[C@@H](c4ccccn4)NC(=S)N3C(C)C)c2C)cc1. The van der Waals surface area contributed by atoms with Crippen molar-refractivity contribution in [2.24, 2.45) is 0 Å². The van der Waals surface area contributed by atoms with Gasteiger partial charge in [0.05, 0.1) is 30.5 Å². The van der Waals surface area contributed by atoms with Crippen LogP contribution in [0.2, 0.25) is 0 Å². The molecule has 0 unspecified atom stereocenters. The molecule has 0 radical (unpaired) electrons. The summed E-state index contributed by atoms with van der Waals surface area (Å²) in [7, 11) is 1.39. The minimum Gasteiger partial charge on any atom is -0.465 e. The van der Waals surface area contributed by atoms with Crippen LogP contribution in [0.15, 0.2) is 54.7 Å². The molecule has 6 nitrogen and oxygen atoms in total. The summed E-state index contributed by atoms with van der Waals surface area (Å²) in [6.45, 7) is 8.55. The van der Waals surface area contributed by atoms with E-state index in [1.54, 1.807) is 12.1 Å². The van der Waals surface area contributed by atoms with Crippen LogP contribution in [0.25, 0.3) is 5.69 Å². The molecule has 3 aromatic rings. The third kappa shape index (κ3) is 3.77. The Labute approximate surface area is 194 Å². The van der Waals surface area contributed by atoms with Crippen molar-refractivity contribution in [2.75, 3.05) is 7.11 Å². The van der Waals surface area contributed by atoms with Gasteiger partial charge < -0.3 is 19.5 Å². The Bertz CT molecular complexity index is 1140. The molecule has 7 heteroatoms. The van der Waals surface area contributed by atoms with Gasteiger partial charge in [-0.1, -0.05) is 6.07 Å². The van der Waals surface area contributed by atoms with Gasteiger partial charge in [-0.3, -0.25) is 4.98 Å². The molecule has 1 aromatic carbocycles. The van der Waals surface area contributed by atoms with Crippen molar-refractivity contribution in [3.8, 4) is 5.69 Å². The number of esters is 1. The quantitative estimate of drug-likeness (QED) is 0.453. The first-order valence-corrected chi connectivity index (χ1v) is 11.1. The molecule has 3 heterocycles. The highest BCUT2D eigenvalue weighted by Crippen LogP contribution is 2.42. The molecule has 1 saturated heterocycles. The number of pyridine rings is 1. The van der Waals surface area contributed by atoms with Gasteiger partial charge in [-0.25, -0.2) is 4.79 Å². The molecule has 0 aliphatic carbocycles. The Morgan fingerprint density at radius 1 is 1.16 bits per heavy atom. The molecular formula is C25H28N4O2S. The van der Waals surface area contributed by atoms with Crippen LogP contribution in [0.4, 0.5) is 0 Å². The van der Waals surface area contributed by atoms with Gasteiger partial charge in [-0.05, 0) is 87.9 Å². The van der Waals surface area contributed by atoms with E-state index in [1.807, 2.05) is 36.5 Å². The van der Waals surface area contributed by atoms with Crippen molar-refractivity contribution in [1.29, 1.82) is 0 Å². The van der Waals surface area contributed by atoms with Gasteiger partial charge in [0.15, 0.2) is 5.11 Å². The fourth-order valence-electron chi connectivity index (χ4n) is 4.60. The van der Waals surface area contributed by atoms with Gasteiger partial charge in [0.1, 0.15) is 0 Å². The largest absolute Gasteiger partial charge is 0.465 e. The number of nitrogens with zero attached hydrogens (tertiary/aromatic N) is 3. The zero-order chi connectivity index (χ0) is 23.0. The van der Waals surface area contributed by atoms with Crippen molar-refractivity contribution in [2.45, 2.75) is 45.8 Å². The third-order valence-electron chi connectivity index (χ3n) is 6.03. The summed E-state index contributed by atoms with van der Waals surface area (Å²) in [6.07, 6.45) is 1.82. The van der Waals surface area contributed by atoms with Crippen molar-refractivity contribution >= 4 is 23.3 Å². The Hall–Kier alpha value is -3.19. The second kappa shape index (κ2) is 8.74. The summed E-state index contributed by atoms with van der Waals surface area (Å²) in [4.78, 5) is 18.7. The molecule has 0 bridgehead atoms. The van der Waals surface area contributed by atoms with Crippen LogP contribution in [0.1, 0.15) is 58.9 Å². The van der Waals surface area contributed by atoms with Gasteiger partial charge in [-0.15, -0.1) is 0 Å². The van der Waals surface area contributed by atoms with Crippen LogP contribution in [0.5, 0.6) is 0 Å². The number of aromatic nitrogens is 2. The van der Waals surface area contributed by atoms with Gasteiger partial charge in [0, 0.05) is 29.3 Å². The van der Waals surface area contributed by atoms with Crippen LogP contribution in [0.3, 0.4) is 0 Å². The highest BCUT2D eigenvalue weighted by Gasteiger charge is 2.42. The molecule has 1 N–H and O–H groups in total. The number of methoxy groups -OCH3 is 1. The Kier molecular flexibility index (Phi) is 6.02. The van der Waals surface area contributed by atoms with Crippen LogP contribution < -0.4 is 5.32 Å². The number of rotatable bonds is 5. The second-order valence-corrected chi connectivity index (χ2v) is 8.71. The molecule has 2 atom stereocenters. The number of carbonyl (C=O) groups excluding carboxylic acids is 1. The predicted octanol–water partition coefficient (Wildman–Crippen LogP) is 4.66. The zero-order valence-electron chi connectivity index (χ0n) is 19.0. The third-order valence-corrected chi connectivity index (χ3v) is 6.36. The average Bonchev–Trinajstić information content (AvgIpc) is 3.29. The minimum absolute atomic E-state index is 0.0201. The lowest BCUT2D eigenvalue weighted by atomic mass is 9.96. The summed E-state index contributed by atoms with van der Waals surface area (Å²) in [5.74, 6) is -0.338. The monoisotopic (exact) mass is 448 g/mol.